The number of piperidine rings is 2. The number of hydrogen-bond acceptors (Lipinski definition) is 4. The zero-order chi connectivity index (χ0) is 17.2. The predicted octanol–water partition coefficient (Wildman–Crippen LogP) is 2.33. The second kappa shape index (κ2) is 6.73. The van der Waals surface area contributed by atoms with Gasteiger partial charge in [-0.25, -0.2) is 0 Å². The predicted molar refractivity (Wildman–Crippen MR) is 99.3 cm³/mol. The maximum absolute atomic E-state index is 12.6. The lowest BCUT2D eigenvalue weighted by atomic mass is 9.82. The fourth-order valence-electron chi connectivity index (χ4n) is 3.51. The lowest BCUT2D eigenvalue weighted by Gasteiger charge is -2.38. The first kappa shape index (κ1) is 17.2. The number of benzene rings is 1. The molecule has 4 N–H and O–H groups in total. The van der Waals surface area contributed by atoms with E-state index in [-0.39, 0.29) is 5.91 Å². The first-order valence-electron chi connectivity index (χ1n) is 9.04. The highest BCUT2D eigenvalue weighted by Gasteiger charge is 2.35. The molecule has 1 aromatic carbocycles. The molecule has 5 heteroatoms. The summed E-state index contributed by atoms with van der Waals surface area (Å²) in [5, 5.41) is 6.28. The first-order valence-corrected chi connectivity index (χ1v) is 9.04. The summed E-state index contributed by atoms with van der Waals surface area (Å²) >= 11 is 0. The Bertz CT molecular complexity index is 583. The third kappa shape index (κ3) is 3.90. The van der Waals surface area contributed by atoms with E-state index < -0.39 is 5.54 Å². The van der Waals surface area contributed by atoms with E-state index in [1.165, 1.54) is 18.5 Å². The van der Waals surface area contributed by atoms with E-state index in [2.05, 4.69) is 41.5 Å². The number of nitrogens with one attached hydrogen (secondary N) is 2. The Balaban J connectivity index is 1.66. The Hall–Kier alpha value is -1.59. The minimum absolute atomic E-state index is 0.0686. The van der Waals surface area contributed by atoms with E-state index in [4.69, 9.17) is 5.73 Å². The number of rotatable bonds is 3. The molecule has 0 bridgehead atoms. The maximum Gasteiger partial charge on any atom is 0.244 e. The van der Waals surface area contributed by atoms with Crippen molar-refractivity contribution in [2.75, 3.05) is 36.4 Å². The van der Waals surface area contributed by atoms with Crippen LogP contribution in [-0.4, -0.2) is 37.6 Å². The number of carbonyl (C=O) groups is 1. The van der Waals surface area contributed by atoms with Gasteiger partial charge >= 0.3 is 0 Å². The molecule has 2 fully saturated rings. The molecule has 0 spiro atoms. The first-order chi connectivity index (χ1) is 11.4. The van der Waals surface area contributed by atoms with Crippen LogP contribution in [0, 0.1) is 5.41 Å². The van der Waals surface area contributed by atoms with Crippen molar-refractivity contribution < 1.29 is 4.79 Å². The van der Waals surface area contributed by atoms with Gasteiger partial charge in [0, 0.05) is 24.5 Å². The monoisotopic (exact) mass is 330 g/mol. The second-order valence-electron chi connectivity index (χ2n) is 8.06. The molecule has 2 heterocycles. The fourth-order valence-corrected chi connectivity index (χ4v) is 3.51. The van der Waals surface area contributed by atoms with Crippen LogP contribution >= 0.6 is 0 Å². The molecule has 0 radical (unpaired) electrons. The second-order valence-corrected chi connectivity index (χ2v) is 8.06. The van der Waals surface area contributed by atoms with Crippen molar-refractivity contribution in [2.24, 2.45) is 11.1 Å². The van der Waals surface area contributed by atoms with Crippen LogP contribution in [0.5, 0.6) is 0 Å². The van der Waals surface area contributed by atoms with Gasteiger partial charge in [0.25, 0.3) is 0 Å². The number of hydrogen-bond donors (Lipinski definition) is 3. The summed E-state index contributed by atoms with van der Waals surface area (Å²) < 4.78 is 0. The SMILES string of the molecule is CC1(C)CCN(c2cccc(NC(=O)C3(N)CCNCC3)c2)CC1. The molecule has 24 heavy (non-hydrogen) atoms. The maximum atomic E-state index is 12.6. The molecular formula is C19H30N4O. The molecular weight excluding hydrogens is 300 g/mol. The van der Waals surface area contributed by atoms with Crippen molar-refractivity contribution in [3.05, 3.63) is 24.3 Å². The molecule has 2 aliphatic rings. The van der Waals surface area contributed by atoms with Gasteiger partial charge in [-0.1, -0.05) is 19.9 Å². The van der Waals surface area contributed by atoms with E-state index >= 15 is 0 Å². The normalized spacial score (nSPS) is 22.9. The Morgan fingerprint density at radius 3 is 2.50 bits per heavy atom. The van der Waals surface area contributed by atoms with Crippen LogP contribution in [0.3, 0.4) is 0 Å². The van der Waals surface area contributed by atoms with E-state index in [9.17, 15) is 4.79 Å². The van der Waals surface area contributed by atoms with Crippen molar-refractivity contribution in [3.63, 3.8) is 0 Å². The van der Waals surface area contributed by atoms with Crippen molar-refractivity contribution in [1.29, 1.82) is 0 Å². The molecule has 0 unspecified atom stereocenters. The lowest BCUT2D eigenvalue weighted by molar-refractivity contribution is -0.122. The largest absolute Gasteiger partial charge is 0.371 e. The average Bonchev–Trinajstić information content (AvgIpc) is 2.56. The quantitative estimate of drug-likeness (QED) is 0.795. The van der Waals surface area contributed by atoms with Crippen molar-refractivity contribution in [2.45, 2.75) is 45.1 Å². The van der Waals surface area contributed by atoms with Gasteiger partial charge in [-0.15, -0.1) is 0 Å². The number of nitrogens with zero attached hydrogens (tertiary/aromatic N) is 1. The molecule has 0 aliphatic carbocycles. The topological polar surface area (TPSA) is 70.4 Å². The Kier molecular flexibility index (Phi) is 4.83. The molecule has 2 aliphatic heterocycles. The molecule has 1 amide bonds. The summed E-state index contributed by atoms with van der Waals surface area (Å²) in [5.41, 5.74) is 8.00. The summed E-state index contributed by atoms with van der Waals surface area (Å²) in [6, 6.07) is 8.15. The third-order valence-electron chi connectivity index (χ3n) is 5.53. The van der Waals surface area contributed by atoms with Crippen LogP contribution in [0.1, 0.15) is 39.5 Å². The number of carbonyl (C=O) groups excluding carboxylic acids is 1. The van der Waals surface area contributed by atoms with Crippen molar-refractivity contribution >= 4 is 17.3 Å². The Labute approximate surface area is 145 Å². The summed E-state index contributed by atoms with van der Waals surface area (Å²) in [6.45, 7) is 8.40. The third-order valence-corrected chi connectivity index (χ3v) is 5.53. The standard InChI is InChI=1S/C19H30N4O/c1-18(2)8-12-23(13-9-18)16-5-3-4-15(14-16)22-17(24)19(20)6-10-21-11-7-19/h3-5,14,21H,6-13,20H2,1-2H3,(H,22,24). The van der Waals surface area contributed by atoms with Gasteiger partial charge < -0.3 is 21.3 Å². The van der Waals surface area contributed by atoms with E-state index in [0.717, 1.165) is 31.9 Å². The van der Waals surface area contributed by atoms with Gasteiger partial charge in [-0.05, 0) is 62.4 Å². The molecule has 132 valence electrons. The summed E-state index contributed by atoms with van der Waals surface area (Å²) in [7, 11) is 0. The average molecular weight is 330 g/mol. The van der Waals surface area contributed by atoms with Gasteiger partial charge in [0.1, 0.15) is 0 Å². The Morgan fingerprint density at radius 2 is 1.83 bits per heavy atom. The van der Waals surface area contributed by atoms with E-state index in [1.807, 2.05) is 12.1 Å². The molecule has 0 saturated carbocycles. The summed E-state index contributed by atoms with van der Waals surface area (Å²) in [5.74, 6) is -0.0686. The molecule has 3 rings (SSSR count). The highest BCUT2D eigenvalue weighted by molar-refractivity contribution is 5.98. The van der Waals surface area contributed by atoms with Gasteiger partial charge in [0.15, 0.2) is 0 Å². The number of amides is 1. The van der Waals surface area contributed by atoms with Crippen LogP contribution in [-0.2, 0) is 4.79 Å². The van der Waals surface area contributed by atoms with Crippen LogP contribution in [0.15, 0.2) is 24.3 Å². The van der Waals surface area contributed by atoms with Crippen molar-refractivity contribution in [3.8, 4) is 0 Å². The van der Waals surface area contributed by atoms with Gasteiger partial charge in [-0.2, -0.15) is 0 Å². The van der Waals surface area contributed by atoms with Gasteiger partial charge in [0.2, 0.25) is 5.91 Å². The molecule has 1 aromatic rings. The number of nitrogens with two attached hydrogens (primary N) is 1. The summed E-state index contributed by atoms with van der Waals surface area (Å²) in [6.07, 6.45) is 3.75. The smallest absolute Gasteiger partial charge is 0.244 e. The molecule has 0 aromatic heterocycles. The molecule has 2 saturated heterocycles. The number of anilines is 2. The van der Waals surface area contributed by atoms with Crippen molar-refractivity contribution in [1.82, 2.24) is 5.32 Å². The fraction of sp³-hybridized carbons (Fsp3) is 0.632. The minimum atomic E-state index is -0.754. The van der Waals surface area contributed by atoms with E-state index in [1.54, 1.807) is 0 Å². The van der Waals surface area contributed by atoms with Gasteiger partial charge in [-0.3, -0.25) is 4.79 Å². The summed E-state index contributed by atoms with van der Waals surface area (Å²) in [4.78, 5) is 15.0. The van der Waals surface area contributed by atoms with Crippen LogP contribution < -0.4 is 21.3 Å². The van der Waals surface area contributed by atoms with Gasteiger partial charge in [0.05, 0.1) is 5.54 Å². The molecule has 0 atom stereocenters. The zero-order valence-electron chi connectivity index (χ0n) is 14.9. The minimum Gasteiger partial charge on any atom is -0.371 e. The van der Waals surface area contributed by atoms with E-state index in [0.29, 0.717) is 18.3 Å². The highest BCUT2D eigenvalue weighted by Crippen LogP contribution is 2.33. The van der Waals surface area contributed by atoms with Crippen LogP contribution in [0.25, 0.3) is 0 Å². The lowest BCUT2D eigenvalue weighted by Crippen LogP contribution is -2.56. The molecule has 5 nitrogen and oxygen atoms in total. The zero-order valence-corrected chi connectivity index (χ0v) is 14.9. The highest BCUT2D eigenvalue weighted by atomic mass is 16.2. The Morgan fingerprint density at radius 1 is 1.17 bits per heavy atom. The van der Waals surface area contributed by atoms with Crippen LogP contribution in [0.4, 0.5) is 11.4 Å². The van der Waals surface area contributed by atoms with Crippen LogP contribution in [0.2, 0.25) is 0 Å².